The number of nitrogens with zero attached hydrogens (tertiary/aromatic N) is 4. The largest absolute Gasteiger partial charge is 0.573 e. The van der Waals surface area contributed by atoms with Crippen LogP contribution in [0.5, 0.6) is 5.75 Å². The molecule has 0 aliphatic heterocycles. The van der Waals surface area contributed by atoms with E-state index in [2.05, 4.69) is 19.9 Å². The summed E-state index contributed by atoms with van der Waals surface area (Å²) in [7, 11) is 0. The number of benzene rings is 2. The zero-order valence-corrected chi connectivity index (χ0v) is 17.7. The second-order valence-electron chi connectivity index (χ2n) is 7.53. The zero-order chi connectivity index (χ0) is 24.6. The molecule has 0 spiro atoms. The molecule has 0 amide bonds. The first-order valence-corrected chi connectivity index (χ1v) is 10.3. The number of hydrogen-bond donors (Lipinski definition) is 0. The highest BCUT2D eigenvalue weighted by molar-refractivity contribution is 5.81. The maximum atomic E-state index is 15.1. The normalized spacial score (nSPS) is 12.4. The van der Waals surface area contributed by atoms with Crippen LogP contribution in [0.1, 0.15) is 11.4 Å². The molecule has 5 aromatic rings. The lowest BCUT2D eigenvalue weighted by atomic mass is 10.1. The van der Waals surface area contributed by atoms with Crippen LogP contribution in [0, 0.1) is 0 Å². The van der Waals surface area contributed by atoms with E-state index in [-0.39, 0.29) is 5.65 Å². The molecule has 0 saturated heterocycles. The van der Waals surface area contributed by atoms with E-state index >= 15 is 8.78 Å². The Kier molecular flexibility index (Phi) is 5.56. The predicted molar refractivity (Wildman–Crippen MR) is 116 cm³/mol. The van der Waals surface area contributed by atoms with E-state index in [1.54, 1.807) is 42.6 Å². The molecule has 3 heterocycles. The van der Waals surface area contributed by atoms with Crippen LogP contribution in [-0.2, 0) is 17.5 Å². The summed E-state index contributed by atoms with van der Waals surface area (Å²) in [6, 6.07) is 16.7. The Balaban J connectivity index is 1.41. The Morgan fingerprint density at radius 2 is 1.57 bits per heavy atom. The van der Waals surface area contributed by atoms with Gasteiger partial charge in [0.25, 0.3) is 0 Å². The third-order valence-corrected chi connectivity index (χ3v) is 5.23. The number of rotatable bonds is 6. The van der Waals surface area contributed by atoms with E-state index < -0.39 is 30.7 Å². The second-order valence-corrected chi connectivity index (χ2v) is 7.53. The fourth-order valence-corrected chi connectivity index (χ4v) is 3.63. The Labute approximate surface area is 194 Å². The predicted octanol–water partition coefficient (Wildman–Crippen LogP) is 6.11. The van der Waals surface area contributed by atoms with Gasteiger partial charge in [0.1, 0.15) is 5.75 Å². The molecule has 0 saturated carbocycles. The van der Waals surface area contributed by atoms with Gasteiger partial charge < -0.3 is 9.47 Å². The van der Waals surface area contributed by atoms with Crippen molar-refractivity contribution in [2.75, 3.05) is 0 Å². The van der Waals surface area contributed by atoms with Gasteiger partial charge in [-0.3, -0.25) is 9.38 Å². The van der Waals surface area contributed by atoms with Gasteiger partial charge in [0.2, 0.25) is 5.82 Å². The summed E-state index contributed by atoms with van der Waals surface area (Å²) < 4.78 is 77.2. The van der Waals surface area contributed by atoms with E-state index in [0.29, 0.717) is 27.6 Å². The van der Waals surface area contributed by atoms with Gasteiger partial charge in [-0.1, -0.05) is 30.3 Å². The van der Waals surface area contributed by atoms with Crippen LogP contribution in [0.3, 0.4) is 0 Å². The first-order valence-electron chi connectivity index (χ1n) is 10.3. The Morgan fingerprint density at radius 3 is 2.34 bits per heavy atom. The first-order chi connectivity index (χ1) is 16.7. The number of halogens is 5. The molecule has 5 rings (SSSR count). The smallest absolute Gasteiger partial charge is 0.406 e. The van der Waals surface area contributed by atoms with Crippen molar-refractivity contribution in [3.05, 3.63) is 90.5 Å². The van der Waals surface area contributed by atoms with Crippen molar-refractivity contribution in [2.45, 2.75) is 19.1 Å². The summed E-state index contributed by atoms with van der Waals surface area (Å²) in [6.45, 7) is -0.398. The SMILES string of the molecule is FC(F)(F)Oc1ccc(-c2ccc3nnc(C(F)(F)OCc4cccc5ncccc45)n3c2)cc1. The second kappa shape index (κ2) is 8.58. The Hall–Kier alpha value is -4.12. The summed E-state index contributed by atoms with van der Waals surface area (Å²) in [5, 5.41) is 8.08. The number of pyridine rings is 2. The van der Waals surface area contributed by atoms with Crippen LogP contribution in [0.4, 0.5) is 22.0 Å². The lowest BCUT2D eigenvalue weighted by Crippen LogP contribution is -2.21. The minimum absolute atomic E-state index is 0.151. The lowest BCUT2D eigenvalue weighted by molar-refractivity contribution is -0.274. The zero-order valence-electron chi connectivity index (χ0n) is 17.7. The van der Waals surface area contributed by atoms with Gasteiger partial charge in [-0.05, 0) is 53.1 Å². The van der Waals surface area contributed by atoms with Crippen LogP contribution in [0.25, 0.3) is 27.7 Å². The lowest BCUT2D eigenvalue weighted by Gasteiger charge is -2.16. The van der Waals surface area contributed by atoms with E-state index in [4.69, 9.17) is 4.74 Å². The first kappa shape index (κ1) is 22.7. The van der Waals surface area contributed by atoms with Crippen LogP contribution < -0.4 is 4.74 Å². The van der Waals surface area contributed by atoms with Crippen LogP contribution in [0.2, 0.25) is 0 Å². The molecule has 11 heteroatoms. The Bertz CT molecular complexity index is 1490. The van der Waals surface area contributed by atoms with Crippen molar-refractivity contribution >= 4 is 16.6 Å². The number of aromatic nitrogens is 4. The maximum absolute atomic E-state index is 15.1. The molecule has 0 radical (unpaired) electrons. The van der Waals surface area contributed by atoms with Crippen molar-refractivity contribution in [3.8, 4) is 16.9 Å². The summed E-state index contributed by atoms with van der Waals surface area (Å²) in [4.78, 5) is 4.21. The van der Waals surface area contributed by atoms with Crippen LogP contribution in [-0.4, -0.2) is 25.9 Å². The topological polar surface area (TPSA) is 61.5 Å². The van der Waals surface area contributed by atoms with Gasteiger partial charge in [0.05, 0.1) is 12.1 Å². The molecule has 0 fully saturated rings. The minimum Gasteiger partial charge on any atom is -0.406 e. The molecule has 0 aliphatic rings. The summed E-state index contributed by atoms with van der Waals surface area (Å²) >= 11 is 0. The maximum Gasteiger partial charge on any atom is 0.573 e. The number of ether oxygens (including phenoxy) is 2. The third kappa shape index (κ3) is 4.76. The molecule has 0 atom stereocenters. The van der Waals surface area contributed by atoms with E-state index in [1.165, 1.54) is 24.4 Å². The number of fused-ring (bicyclic) bond motifs is 2. The van der Waals surface area contributed by atoms with E-state index in [9.17, 15) is 13.2 Å². The van der Waals surface area contributed by atoms with Crippen molar-refractivity contribution < 1.29 is 31.4 Å². The highest BCUT2D eigenvalue weighted by Gasteiger charge is 2.39. The molecule has 178 valence electrons. The van der Waals surface area contributed by atoms with E-state index in [0.717, 1.165) is 16.5 Å². The monoisotopic (exact) mass is 486 g/mol. The molecule has 6 nitrogen and oxygen atoms in total. The fourth-order valence-electron chi connectivity index (χ4n) is 3.63. The van der Waals surface area contributed by atoms with Gasteiger partial charge in [-0.15, -0.1) is 23.4 Å². The van der Waals surface area contributed by atoms with Crippen molar-refractivity contribution in [2.24, 2.45) is 0 Å². The molecule has 35 heavy (non-hydrogen) atoms. The molecular formula is C24H15F5N4O2. The van der Waals surface area contributed by atoms with Gasteiger partial charge in [0.15, 0.2) is 5.65 Å². The van der Waals surface area contributed by atoms with Crippen molar-refractivity contribution in [1.29, 1.82) is 0 Å². The van der Waals surface area contributed by atoms with Crippen molar-refractivity contribution in [1.82, 2.24) is 19.6 Å². The minimum atomic E-state index is -4.81. The summed E-state index contributed by atoms with van der Waals surface area (Å²) in [5.74, 6) is -1.12. The molecule has 2 aromatic carbocycles. The Morgan fingerprint density at radius 1 is 0.800 bits per heavy atom. The fraction of sp³-hybridized carbons (Fsp3) is 0.125. The third-order valence-electron chi connectivity index (χ3n) is 5.23. The highest BCUT2D eigenvalue weighted by atomic mass is 19.4. The van der Waals surface area contributed by atoms with Gasteiger partial charge in [0, 0.05) is 17.8 Å². The molecular weight excluding hydrogens is 471 g/mol. The molecule has 0 N–H and O–H groups in total. The molecule has 0 aliphatic carbocycles. The van der Waals surface area contributed by atoms with Gasteiger partial charge in [-0.25, -0.2) is 0 Å². The summed E-state index contributed by atoms with van der Waals surface area (Å²) in [5.41, 5.74) is 2.27. The quantitative estimate of drug-likeness (QED) is 0.271. The van der Waals surface area contributed by atoms with Crippen LogP contribution >= 0.6 is 0 Å². The molecule has 0 unspecified atom stereocenters. The van der Waals surface area contributed by atoms with Gasteiger partial charge >= 0.3 is 12.5 Å². The molecule has 0 bridgehead atoms. The molecule has 3 aromatic heterocycles. The summed E-state index contributed by atoms with van der Waals surface area (Å²) in [6.07, 6.45) is -5.62. The van der Waals surface area contributed by atoms with E-state index in [1.807, 2.05) is 0 Å². The van der Waals surface area contributed by atoms with Gasteiger partial charge in [-0.2, -0.15) is 8.78 Å². The average molecular weight is 486 g/mol. The highest BCUT2D eigenvalue weighted by Crippen LogP contribution is 2.32. The number of hydrogen-bond acceptors (Lipinski definition) is 5. The standard InChI is InChI=1S/C24H15F5N4O2/c25-23(26,34-14-17-3-1-5-20-19(17)4-2-12-30-20)22-32-31-21-11-8-16(13-33(21)22)15-6-9-18(10-7-15)35-24(27,28)29/h1-13H,14H2. The number of alkyl halides is 5. The average Bonchev–Trinajstić information content (AvgIpc) is 3.26. The van der Waals surface area contributed by atoms with Crippen molar-refractivity contribution in [3.63, 3.8) is 0 Å². The van der Waals surface area contributed by atoms with Crippen LogP contribution in [0.15, 0.2) is 79.1 Å².